The van der Waals surface area contributed by atoms with Gasteiger partial charge in [0.15, 0.2) is 5.82 Å². The van der Waals surface area contributed by atoms with Crippen LogP contribution in [-0.4, -0.2) is 47.3 Å². The van der Waals surface area contributed by atoms with Crippen molar-refractivity contribution in [2.24, 2.45) is 10.9 Å². The fourth-order valence-electron chi connectivity index (χ4n) is 4.69. The molecule has 1 fully saturated rings. The number of fused-ring (bicyclic) bond motifs is 2. The Labute approximate surface area is 178 Å². The molecule has 3 heterocycles. The average molecular weight is 412 g/mol. The topological polar surface area (TPSA) is 44.6 Å². The van der Waals surface area contributed by atoms with Gasteiger partial charge in [0.05, 0.1) is 0 Å². The van der Waals surface area contributed by atoms with E-state index in [2.05, 4.69) is 50.7 Å². The van der Waals surface area contributed by atoms with E-state index in [1.165, 1.54) is 24.2 Å². The molecule has 0 aliphatic carbocycles. The van der Waals surface area contributed by atoms with E-state index in [4.69, 9.17) is 11.6 Å². The summed E-state index contributed by atoms with van der Waals surface area (Å²) in [5.41, 5.74) is 2.72. The summed E-state index contributed by atoms with van der Waals surface area (Å²) >= 11 is 6.43. The highest BCUT2D eigenvalue weighted by Crippen LogP contribution is 2.50. The van der Waals surface area contributed by atoms with E-state index in [1.807, 2.05) is 19.1 Å². The number of benzene rings is 1. The standard InChI is InChI=1S/C23H30ClN5/c1-4-17(3)14-28-10-8-23(9-11-28)15-29(20-7-6-18(24)12-19(20)23)22-13-21(25-5-2)26-16-27-22/h5-7,12-13,16-17H,4,8-11,14-15H2,1-3H3. The van der Waals surface area contributed by atoms with Gasteiger partial charge in [0, 0.05) is 41.5 Å². The molecule has 4 rings (SSSR count). The monoisotopic (exact) mass is 411 g/mol. The number of nitrogens with zero attached hydrogens (tertiary/aromatic N) is 5. The molecule has 0 N–H and O–H groups in total. The maximum absolute atomic E-state index is 6.43. The van der Waals surface area contributed by atoms with Gasteiger partial charge in [0.25, 0.3) is 0 Å². The quantitative estimate of drug-likeness (QED) is 0.619. The Kier molecular flexibility index (Phi) is 5.88. The van der Waals surface area contributed by atoms with E-state index in [9.17, 15) is 0 Å². The number of hydrogen-bond acceptors (Lipinski definition) is 5. The lowest BCUT2D eigenvalue weighted by atomic mass is 9.74. The molecule has 1 spiro atoms. The van der Waals surface area contributed by atoms with Gasteiger partial charge in [-0.15, -0.1) is 0 Å². The SMILES string of the molecule is CC=Nc1cc(N2CC3(CCN(CC(C)CC)CC3)c3cc(Cl)ccc32)ncn1. The molecule has 2 aliphatic rings. The summed E-state index contributed by atoms with van der Waals surface area (Å²) in [6, 6.07) is 8.27. The molecular formula is C23H30ClN5. The molecule has 1 atom stereocenters. The first-order valence-electron chi connectivity index (χ1n) is 10.7. The molecule has 0 radical (unpaired) electrons. The first-order valence-corrected chi connectivity index (χ1v) is 11.0. The minimum atomic E-state index is 0.130. The van der Waals surface area contributed by atoms with Crippen molar-refractivity contribution in [3.05, 3.63) is 41.2 Å². The Bertz CT molecular complexity index is 889. The van der Waals surface area contributed by atoms with Crippen LogP contribution in [0, 0.1) is 5.92 Å². The largest absolute Gasteiger partial charge is 0.325 e. The highest BCUT2D eigenvalue weighted by atomic mass is 35.5. The minimum Gasteiger partial charge on any atom is -0.325 e. The molecule has 1 saturated heterocycles. The molecular weight excluding hydrogens is 382 g/mol. The van der Waals surface area contributed by atoms with E-state index >= 15 is 0 Å². The fraction of sp³-hybridized carbons (Fsp3) is 0.522. The van der Waals surface area contributed by atoms with Gasteiger partial charge >= 0.3 is 0 Å². The van der Waals surface area contributed by atoms with Crippen molar-refractivity contribution < 1.29 is 0 Å². The number of aliphatic imine (C=N–C) groups is 1. The number of halogens is 1. The molecule has 2 aromatic rings. The summed E-state index contributed by atoms with van der Waals surface area (Å²) in [7, 11) is 0. The highest BCUT2D eigenvalue weighted by Gasteiger charge is 2.45. The van der Waals surface area contributed by atoms with Crippen molar-refractivity contribution in [2.45, 2.75) is 45.4 Å². The van der Waals surface area contributed by atoms with Crippen LogP contribution in [-0.2, 0) is 5.41 Å². The van der Waals surface area contributed by atoms with E-state index in [0.717, 1.165) is 49.2 Å². The van der Waals surface area contributed by atoms with Gasteiger partial charge in [0.2, 0.25) is 0 Å². The first kappa shape index (κ1) is 20.3. The Balaban J connectivity index is 1.63. The summed E-state index contributed by atoms with van der Waals surface area (Å²) in [6.07, 6.45) is 6.91. The summed E-state index contributed by atoms with van der Waals surface area (Å²) in [5, 5.41) is 0.811. The van der Waals surface area contributed by atoms with Crippen molar-refractivity contribution in [2.75, 3.05) is 31.1 Å². The number of hydrogen-bond donors (Lipinski definition) is 0. The molecule has 0 amide bonds. The van der Waals surface area contributed by atoms with Crippen molar-refractivity contribution in [1.29, 1.82) is 0 Å². The second kappa shape index (κ2) is 8.41. The average Bonchev–Trinajstić information content (AvgIpc) is 3.04. The molecule has 0 saturated carbocycles. The minimum absolute atomic E-state index is 0.130. The summed E-state index contributed by atoms with van der Waals surface area (Å²) < 4.78 is 0. The molecule has 1 aromatic carbocycles. The predicted octanol–water partition coefficient (Wildman–Crippen LogP) is 5.38. The Morgan fingerprint density at radius 1 is 1.24 bits per heavy atom. The van der Waals surface area contributed by atoms with Crippen LogP contribution < -0.4 is 4.90 Å². The Morgan fingerprint density at radius 3 is 2.76 bits per heavy atom. The van der Waals surface area contributed by atoms with Crippen LogP contribution in [0.2, 0.25) is 5.02 Å². The predicted molar refractivity (Wildman–Crippen MR) is 121 cm³/mol. The molecule has 1 aromatic heterocycles. The lowest BCUT2D eigenvalue weighted by Gasteiger charge is -2.40. The zero-order chi connectivity index (χ0) is 20.4. The third-order valence-corrected chi connectivity index (χ3v) is 6.77. The van der Waals surface area contributed by atoms with Crippen molar-refractivity contribution in [3.63, 3.8) is 0 Å². The molecule has 154 valence electrons. The number of piperidine rings is 1. The molecule has 5 nitrogen and oxygen atoms in total. The summed E-state index contributed by atoms with van der Waals surface area (Å²) in [5.74, 6) is 2.35. The second-order valence-electron chi connectivity index (χ2n) is 8.46. The summed E-state index contributed by atoms with van der Waals surface area (Å²) in [6.45, 7) is 10.9. The highest BCUT2D eigenvalue weighted by molar-refractivity contribution is 6.30. The molecule has 6 heteroatoms. The van der Waals surface area contributed by atoms with Gasteiger partial charge in [-0.1, -0.05) is 31.9 Å². The van der Waals surface area contributed by atoms with Crippen molar-refractivity contribution >= 4 is 35.1 Å². The smallest absolute Gasteiger partial charge is 0.156 e. The van der Waals surface area contributed by atoms with E-state index in [0.29, 0.717) is 5.82 Å². The van der Waals surface area contributed by atoms with E-state index in [1.54, 1.807) is 12.5 Å². The molecule has 0 bridgehead atoms. The normalized spacial score (nSPS) is 19.8. The third kappa shape index (κ3) is 4.03. The van der Waals surface area contributed by atoms with Gasteiger partial charge < -0.3 is 9.80 Å². The van der Waals surface area contributed by atoms with Crippen LogP contribution in [0.25, 0.3) is 0 Å². The maximum Gasteiger partial charge on any atom is 0.156 e. The van der Waals surface area contributed by atoms with Crippen LogP contribution in [0.3, 0.4) is 0 Å². The maximum atomic E-state index is 6.43. The van der Waals surface area contributed by atoms with Crippen LogP contribution in [0.1, 0.15) is 45.6 Å². The number of aromatic nitrogens is 2. The Morgan fingerprint density at radius 2 is 2.03 bits per heavy atom. The van der Waals surface area contributed by atoms with Crippen LogP contribution in [0.4, 0.5) is 17.3 Å². The lowest BCUT2D eigenvalue weighted by Crippen LogP contribution is -2.45. The lowest BCUT2D eigenvalue weighted by molar-refractivity contribution is 0.148. The van der Waals surface area contributed by atoms with Gasteiger partial charge in [-0.05, 0) is 62.5 Å². The number of anilines is 2. The van der Waals surface area contributed by atoms with E-state index < -0.39 is 0 Å². The third-order valence-electron chi connectivity index (χ3n) is 6.54. The summed E-state index contributed by atoms with van der Waals surface area (Å²) in [4.78, 5) is 18.1. The van der Waals surface area contributed by atoms with Gasteiger partial charge in [-0.2, -0.15) is 0 Å². The van der Waals surface area contributed by atoms with Gasteiger partial charge in [0.1, 0.15) is 12.1 Å². The molecule has 2 aliphatic heterocycles. The van der Waals surface area contributed by atoms with Crippen LogP contribution >= 0.6 is 11.6 Å². The zero-order valence-electron chi connectivity index (χ0n) is 17.6. The number of likely N-dealkylation sites (tertiary alicyclic amines) is 1. The van der Waals surface area contributed by atoms with Crippen molar-refractivity contribution in [3.8, 4) is 0 Å². The molecule has 29 heavy (non-hydrogen) atoms. The van der Waals surface area contributed by atoms with Gasteiger partial charge in [-0.3, -0.25) is 0 Å². The zero-order valence-corrected chi connectivity index (χ0v) is 18.4. The van der Waals surface area contributed by atoms with Crippen molar-refractivity contribution in [1.82, 2.24) is 14.9 Å². The first-order chi connectivity index (χ1) is 14.0. The van der Waals surface area contributed by atoms with Crippen LogP contribution in [0.15, 0.2) is 35.6 Å². The van der Waals surface area contributed by atoms with Crippen LogP contribution in [0.5, 0.6) is 0 Å². The number of rotatable bonds is 5. The Hall–Kier alpha value is -1.98. The second-order valence-corrected chi connectivity index (χ2v) is 8.90. The van der Waals surface area contributed by atoms with Gasteiger partial charge in [-0.25, -0.2) is 15.0 Å². The molecule has 1 unspecified atom stereocenters. The van der Waals surface area contributed by atoms with E-state index in [-0.39, 0.29) is 5.41 Å². The fourth-order valence-corrected chi connectivity index (χ4v) is 4.87.